The van der Waals surface area contributed by atoms with Gasteiger partial charge in [0.2, 0.25) is 0 Å². The smallest absolute Gasteiger partial charge is 0.123 e. The highest BCUT2D eigenvalue weighted by Crippen LogP contribution is 2.18. The van der Waals surface area contributed by atoms with Gasteiger partial charge in [-0.1, -0.05) is 12.1 Å². The van der Waals surface area contributed by atoms with Gasteiger partial charge < -0.3 is 15.5 Å². The van der Waals surface area contributed by atoms with Gasteiger partial charge in [0.05, 0.1) is 0 Å². The number of rotatable bonds is 5. The Hall–Kier alpha value is -0.970. The van der Waals surface area contributed by atoms with Gasteiger partial charge in [0, 0.05) is 25.2 Å². The molecule has 0 aliphatic carbocycles. The van der Waals surface area contributed by atoms with Crippen molar-refractivity contribution in [3.8, 4) is 0 Å². The van der Waals surface area contributed by atoms with Crippen molar-refractivity contribution in [2.45, 2.75) is 24.9 Å². The summed E-state index contributed by atoms with van der Waals surface area (Å²) in [5.41, 5.74) is 7.02. The molecule has 2 N–H and O–H groups in total. The number of likely N-dealkylation sites (tertiary alicyclic amines) is 1. The fraction of sp³-hybridized carbons (Fsp3) is 0.600. The first-order chi connectivity index (χ1) is 9.06. The summed E-state index contributed by atoms with van der Waals surface area (Å²) in [6, 6.07) is 7.21. The van der Waals surface area contributed by atoms with E-state index >= 15 is 0 Å². The molecule has 2 rings (SSSR count). The van der Waals surface area contributed by atoms with Gasteiger partial charge in [-0.2, -0.15) is 0 Å². The Kier molecular flexibility index (Phi) is 4.91. The summed E-state index contributed by atoms with van der Waals surface area (Å²) >= 11 is 0. The third kappa shape index (κ3) is 4.00. The van der Waals surface area contributed by atoms with E-state index in [1.54, 1.807) is 6.07 Å². The zero-order chi connectivity index (χ0) is 13.8. The maximum Gasteiger partial charge on any atom is 0.123 e. The molecule has 0 radical (unpaired) electrons. The van der Waals surface area contributed by atoms with E-state index in [-0.39, 0.29) is 11.9 Å². The third-order valence-electron chi connectivity index (χ3n) is 4.01. The zero-order valence-corrected chi connectivity index (χ0v) is 11.8. The maximum absolute atomic E-state index is 13.1. The lowest BCUT2D eigenvalue weighted by Gasteiger charge is -2.21. The Morgan fingerprint density at radius 2 is 2.26 bits per heavy atom. The van der Waals surface area contributed by atoms with E-state index in [1.165, 1.54) is 18.6 Å². The minimum absolute atomic E-state index is 0.0749. The summed E-state index contributed by atoms with van der Waals surface area (Å²) in [6.45, 7) is 3.24. The molecule has 0 bridgehead atoms. The molecule has 2 unspecified atom stereocenters. The summed E-state index contributed by atoms with van der Waals surface area (Å²) in [5, 5.41) is 0. The minimum atomic E-state index is -0.207. The van der Waals surface area contributed by atoms with Crippen molar-refractivity contribution in [1.29, 1.82) is 0 Å². The van der Waals surface area contributed by atoms with Crippen molar-refractivity contribution in [2.24, 2.45) is 5.73 Å². The highest BCUT2D eigenvalue weighted by Gasteiger charge is 2.23. The Bertz CT molecular complexity index is 408. The number of nitrogens with two attached hydrogens (primary N) is 1. The van der Waals surface area contributed by atoms with Gasteiger partial charge in [0.1, 0.15) is 5.82 Å². The Morgan fingerprint density at radius 3 is 2.89 bits per heavy atom. The van der Waals surface area contributed by atoms with Crippen molar-refractivity contribution < 1.29 is 4.39 Å². The molecule has 1 aliphatic rings. The molecule has 19 heavy (non-hydrogen) atoms. The van der Waals surface area contributed by atoms with Gasteiger partial charge in [-0.15, -0.1) is 0 Å². The lowest BCUT2D eigenvalue weighted by atomic mass is 10.0. The standard InChI is InChI=1S/C15H24FN3/c1-18(2)14-6-8-19(11-14)9-7-15(17)12-4-3-5-13(16)10-12/h3-5,10,14-15H,6-9,11,17H2,1-2H3. The van der Waals surface area contributed by atoms with Crippen molar-refractivity contribution in [2.75, 3.05) is 33.7 Å². The monoisotopic (exact) mass is 265 g/mol. The molecule has 106 valence electrons. The Balaban J connectivity index is 1.80. The van der Waals surface area contributed by atoms with E-state index < -0.39 is 0 Å². The second-order valence-corrected chi connectivity index (χ2v) is 5.66. The number of halogens is 1. The van der Waals surface area contributed by atoms with Crippen LogP contribution >= 0.6 is 0 Å². The molecule has 0 amide bonds. The number of benzene rings is 1. The van der Waals surface area contributed by atoms with Gasteiger partial charge in [-0.05, 0) is 51.2 Å². The van der Waals surface area contributed by atoms with Crippen LogP contribution in [-0.2, 0) is 0 Å². The van der Waals surface area contributed by atoms with Gasteiger partial charge in [-0.25, -0.2) is 4.39 Å². The van der Waals surface area contributed by atoms with Crippen molar-refractivity contribution in [3.63, 3.8) is 0 Å². The number of hydrogen-bond acceptors (Lipinski definition) is 3. The highest BCUT2D eigenvalue weighted by atomic mass is 19.1. The molecule has 1 aromatic carbocycles. The molecular weight excluding hydrogens is 241 g/mol. The van der Waals surface area contributed by atoms with Crippen LogP contribution in [0.15, 0.2) is 24.3 Å². The predicted molar refractivity (Wildman–Crippen MR) is 76.5 cm³/mol. The van der Waals surface area contributed by atoms with Crippen molar-refractivity contribution in [3.05, 3.63) is 35.6 Å². The molecule has 4 heteroatoms. The molecule has 0 saturated carbocycles. The molecule has 2 atom stereocenters. The first-order valence-corrected chi connectivity index (χ1v) is 6.96. The Morgan fingerprint density at radius 1 is 1.47 bits per heavy atom. The van der Waals surface area contributed by atoms with E-state index in [9.17, 15) is 4.39 Å². The summed E-state index contributed by atoms with van der Waals surface area (Å²) in [5.74, 6) is -0.207. The molecule has 1 heterocycles. The fourth-order valence-electron chi connectivity index (χ4n) is 2.66. The molecule has 1 fully saturated rings. The van der Waals surface area contributed by atoms with E-state index in [1.807, 2.05) is 6.07 Å². The first kappa shape index (κ1) is 14.4. The Labute approximate surface area is 115 Å². The number of hydrogen-bond donors (Lipinski definition) is 1. The highest BCUT2D eigenvalue weighted by molar-refractivity contribution is 5.19. The largest absolute Gasteiger partial charge is 0.324 e. The average molecular weight is 265 g/mol. The maximum atomic E-state index is 13.1. The van der Waals surface area contributed by atoms with Gasteiger partial charge in [0.25, 0.3) is 0 Å². The van der Waals surface area contributed by atoms with Crippen LogP contribution in [0.25, 0.3) is 0 Å². The first-order valence-electron chi connectivity index (χ1n) is 6.96. The lowest BCUT2D eigenvalue weighted by molar-refractivity contribution is 0.263. The summed E-state index contributed by atoms with van der Waals surface area (Å²) < 4.78 is 13.1. The van der Waals surface area contributed by atoms with E-state index in [4.69, 9.17) is 5.73 Å². The SMILES string of the molecule is CN(C)C1CCN(CCC(N)c2cccc(F)c2)C1. The second-order valence-electron chi connectivity index (χ2n) is 5.66. The van der Waals surface area contributed by atoms with Crippen LogP contribution in [0.2, 0.25) is 0 Å². The average Bonchev–Trinajstić information content (AvgIpc) is 2.85. The van der Waals surface area contributed by atoms with Crippen LogP contribution < -0.4 is 5.73 Å². The van der Waals surface area contributed by atoms with Crippen LogP contribution in [0.1, 0.15) is 24.4 Å². The molecule has 0 aromatic heterocycles. The third-order valence-corrected chi connectivity index (χ3v) is 4.01. The second kappa shape index (κ2) is 6.46. The molecular formula is C15H24FN3. The van der Waals surface area contributed by atoms with Gasteiger partial charge in [0.15, 0.2) is 0 Å². The van der Waals surface area contributed by atoms with Crippen LogP contribution in [0.3, 0.4) is 0 Å². The molecule has 3 nitrogen and oxygen atoms in total. The van der Waals surface area contributed by atoms with Crippen LogP contribution in [-0.4, -0.2) is 49.6 Å². The van der Waals surface area contributed by atoms with Crippen LogP contribution in [0.4, 0.5) is 4.39 Å². The lowest BCUT2D eigenvalue weighted by Crippen LogP contribution is -2.32. The molecule has 1 aliphatic heterocycles. The normalized spacial score (nSPS) is 22.1. The van der Waals surface area contributed by atoms with Crippen molar-refractivity contribution >= 4 is 0 Å². The van der Waals surface area contributed by atoms with E-state index in [2.05, 4.69) is 23.9 Å². The van der Waals surface area contributed by atoms with E-state index in [0.717, 1.165) is 31.6 Å². The quantitative estimate of drug-likeness (QED) is 0.882. The van der Waals surface area contributed by atoms with Crippen molar-refractivity contribution in [1.82, 2.24) is 9.80 Å². The van der Waals surface area contributed by atoms with E-state index in [0.29, 0.717) is 6.04 Å². The molecule has 1 saturated heterocycles. The molecule has 0 spiro atoms. The number of nitrogens with zero attached hydrogens (tertiary/aromatic N) is 2. The minimum Gasteiger partial charge on any atom is -0.324 e. The number of likely N-dealkylation sites (N-methyl/N-ethyl adjacent to an activating group) is 1. The summed E-state index contributed by atoms with van der Waals surface area (Å²) in [4.78, 5) is 4.73. The zero-order valence-electron chi connectivity index (χ0n) is 11.8. The molecule has 1 aromatic rings. The predicted octanol–water partition coefficient (Wildman–Crippen LogP) is 1.85. The summed E-state index contributed by atoms with van der Waals surface area (Å²) in [7, 11) is 4.26. The van der Waals surface area contributed by atoms with Crippen LogP contribution in [0, 0.1) is 5.82 Å². The van der Waals surface area contributed by atoms with Crippen LogP contribution in [0.5, 0.6) is 0 Å². The topological polar surface area (TPSA) is 32.5 Å². The summed E-state index contributed by atoms with van der Waals surface area (Å²) in [6.07, 6.45) is 2.10. The fourth-order valence-corrected chi connectivity index (χ4v) is 2.66. The van der Waals surface area contributed by atoms with Gasteiger partial charge >= 0.3 is 0 Å². The van der Waals surface area contributed by atoms with Gasteiger partial charge in [-0.3, -0.25) is 0 Å².